The fraction of sp³-hybridized carbons (Fsp3) is 0.542. The van der Waals surface area contributed by atoms with E-state index in [-0.39, 0.29) is 17.6 Å². The lowest BCUT2D eigenvalue weighted by atomic mass is 9.59. The molecule has 2 atom stereocenters. The Morgan fingerprint density at radius 3 is 2.62 bits per heavy atom. The summed E-state index contributed by atoms with van der Waals surface area (Å²) in [5.41, 5.74) is 0.894. The maximum Gasteiger partial charge on any atom is 0.274 e. The van der Waals surface area contributed by atoms with Gasteiger partial charge in [-0.1, -0.05) is 6.07 Å². The van der Waals surface area contributed by atoms with E-state index in [0.29, 0.717) is 50.1 Å². The van der Waals surface area contributed by atoms with Crippen LogP contribution in [-0.2, 0) is 0 Å². The van der Waals surface area contributed by atoms with Gasteiger partial charge in [0.15, 0.2) is 0 Å². The largest absolute Gasteiger partial charge is 0.367 e. The van der Waals surface area contributed by atoms with Crippen LogP contribution in [-0.4, -0.2) is 97.7 Å². The minimum atomic E-state index is -1.16. The molecule has 0 aliphatic carbocycles. The average molecular weight is 460 g/mol. The van der Waals surface area contributed by atoms with Gasteiger partial charge in [-0.25, -0.2) is 9.37 Å². The summed E-state index contributed by atoms with van der Waals surface area (Å²) in [6.07, 6.45) is 3.54. The van der Waals surface area contributed by atoms with Crippen LogP contribution in [0.4, 0.5) is 15.9 Å². The third kappa shape index (κ3) is 5.61. The molecule has 2 aliphatic rings. The minimum Gasteiger partial charge on any atom is -0.367 e. The van der Waals surface area contributed by atoms with E-state index in [1.807, 2.05) is 4.90 Å². The number of rotatable bonds is 5. The maximum absolute atomic E-state index is 15.1. The van der Waals surface area contributed by atoms with Gasteiger partial charge in [-0.05, 0) is 62.8 Å². The number of halogens is 1. The highest BCUT2D eigenvalue weighted by Crippen LogP contribution is 2.28. The van der Waals surface area contributed by atoms with Crippen molar-refractivity contribution >= 4 is 33.1 Å². The smallest absolute Gasteiger partial charge is 0.274 e. The van der Waals surface area contributed by atoms with E-state index >= 15 is 4.39 Å². The number of likely N-dealkylation sites (tertiary alicyclic amines) is 1. The zero-order chi connectivity index (χ0) is 24.3. The predicted molar refractivity (Wildman–Crippen MR) is 134 cm³/mol. The number of hydrogen-bond acceptors (Lipinski definition) is 6. The van der Waals surface area contributed by atoms with Crippen molar-refractivity contribution in [2.75, 3.05) is 42.9 Å². The van der Waals surface area contributed by atoms with E-state index in [4.69, 9.17) is 15.7 Å². The SMILES string of the molecule is [B]C1([B])CCN(C2CCN(C(C)C)CC2F)CCN1c1cccc(C(=O)Nc2ccncc2)n1. The van der Waals surface area contributed by atoms with Crippen molar-refractivity contribution in [3.8, 4) is 0 Å². The first kappa shape index (κ1) is 24.7. The second-order valence-corrected chi connectivity index (χ2v) is 9.46. The highest BCUT2D eigenvalue weighted by molar-refractivity contribution is 6.41. The molecule has 2 aromatic rings. The molecule has 0 saturated carbocycles. The van der Waals surface area contributed by atoms with Crippen molar-refractivity contribution < 1.29 is 9.18 Å². The molecule has 2 fully saturated rings. The first-order chi connectivity index (χ1) is 16.2. The topological polar surface area (TPSA) is 64.6 Å². The van der Waals surface area contributed by atoms with Crippen LogP contribution in [0.15, 0.2) is 42.7 Å². The monoisotopic (exact) mass is 460 g/mol. The first-order valence-electron chi connectivity index (χ1n) is 11.9. The molecule has 2 unspecified atom stereocenters. The van der Waals surface area contributed by atoms with Gasteiger partial charge in [0.05, 0.1) is 15.7 Å². The summed E-state index contributed by atoms with van der Waals surface area (Å²) in [5, 5.41) is 1.65. The number of nitrogens with one attached hydrogen (secondary N) is 1. The molecule has 176 valence electrons. The Labute approximate surface area is 203 Å². The number of nitrogens with zero attached hydrogens (tertiary/aromatic N) is 5. The quantitative estimate of drug-likeness (QED) is 0.690. The number of hydrogen-bond donors (Lipinski definition) is 1. The molecule has 10 heteroatoms. The van der Waals surface area contributed by atoms with Crippen molar-refractivity contribution in [2.24, 2.45) is 0 Å². The number of carbonyl (C=O) groups excluding carboxylic acids is 1. The highest BCUT2D eigenvalue weighted by Gasteiger charge is 2.38. The van der Waals surface area contributed by atoms with E-state index in [1.165, 1.54) is 0 Å². The summed E-state index contributed by atoms with van der Waals surface area (Å²) >= 11 is 0. The van der Waals surface area contributed by atoms with Gasteiger partial charge in [0, 0.05) is 56.3 Å². The third-order valence-electron chi connectivity index (χ3n) is 6.83. The molecule has 7 nitrogen and oxygen atoms in total. The second-order valence-electron chi connectivity index (χ2n) is 9.46. The van der Waals surface area contributed by atoms with E-state index in [0.717, 1.165) is 13.0 Å². The number of aromatic nitrogens is 2. The summed E-state index contributed by atoms with van der Waals surface area (Å²) in [7, 11) is 13.0. The summed E-state index contributed by atoms with van der Waals surface area (Å²) in [5.74, 6) is 0.196. The number of amides is 1. The Hall–Kier alpha value is -2.45. The molecule has 2 saturated heterocycles. The minimum absolute atomic E-state index is 0.142. The lowest BCUT2D eigenvalue weighted by Gasteiger charge is -2.41. The first-order valence-corrected chi connectivity index (χ1v) is 11.9. The Morgan fingerprint density at radius 2 is 1.91 bits per heavy atom. The van der Waals surface area contributed by atoms with Crippen LogP contribution in [0.3, 0.4) is 0 Å². The number of piperidine rings is 1. The fourth-order valence-corrected chi connectivity index (χ4v) is 4.79. The fourth-order valence-electron chi connectivity index (χ4n) is 4.79. The number of anilines is 2. The molecule has 1 N–H and O–H groups in total. The van der Waals surface area contributed by atoms with Gasteiger partial charge in [-0.2, -0.15) is 0 Å². The van der Waals surface area contributed by atoms with E-state index in [9.17, 15) is 4.79 Å². The molecule has 34 heavy (non-hydrogen) atoms. The highest BCUT2D eigenvalue weighted by atomic mass is 19.1. The van der Waals surface area contributed by atoms with Crippen LogP contribution in [0.2, 0.25) is 0 Å². The van der Waals surface area contributed by atoms with Gasteiger partial charge in [-0.15, -0.1) is 0 Å². The molecule has 0 aromatic carbocycles. The number of carbonyl (C=O) groups is 1. The molecule has 0 bridgehead atoms. The van der Waals surface area contributed by atoms with Crippen LogP contribution in [0, 0.1) is 0 Å². The van der Waals surface area contributed by atoms with Crippen LogP contribution >= 0.6 is 0 Å². The normalized spacial score (nSPS) is 24.1. The molecule has 2 aliphatic heterocycles. The van der Waals surface area contributed by atoms with E-state index in [1.54, 1.807) is 42.7 Å². The van der Waals surface area contributed by atoms with Gasteiger partial charge in [0.1, 0.15) is 17.7 Å². The zero-order valence-electron chi connectivity index (χ0n) is 19.9. The maximum atomic E-state index is 15.1. The summed E-state index contributed by atoms with van der Waals surface area (Å²) < 4.78 is 15.1. The Bertz CT molecular complexity index is 979. The zero-order valence-corrected chi connectivity index (χ0v) is 19.9. The van der Waals surface area contributed by atoms with Crippen LogP contribution < -0.4 is 10.2 Å². The van der Waals surface area contributed by atoms with Gasteiger partial charge in [0.25, 0.3) is 5.91 Å². The van der Waals surface area contributed by atoms with Crippen LogP contribution in [0.1, 0.15) is 37.2 Å². The van der Waals surface area contributed by atoms with E-state index < -0.39 is 11.5 Å². The van der Waals surface area contributed by atoms with E-state index in [2.05, 4.69) is 38.9 Å². The van der Waals surface area contributed by atoms with Crippen LogP contribution in [0.25, 0.3) is 0 Å². The third-order valence-corrected chi connectivity index (χ3v) is 6.83. The molecular formula is C24H31B2FN6O. The number of alkyl halides is 1. The van der Waals surface area contributed by atoms with Gasteiger partial charge in [0.2, 0.25) is 0 Å². The predicted octanol–water partition coefficient (Wildman–Crippen LogP) is 2.05. The lowest BCUT2D eigenvalue weighted by Crippen LogP contribution is -2.54. The van der Waals surface area contributed by atoms with Crippen molar-refractivity contribution in [3.05, 3.63) is 48.4 Å². The Balaban J connectivity index is 1.46. The van der Waals surface area contributed by atoms with Gasteiger partial charge >= 0.3 is 0 Å². The summed E-state index contributed by atoms with van der Waals surface area (Å²) in [6, 6.07) is 8.83. The molecule has 2 aromatic heterocycles. The van der Waals surface area contributed by atoms with Gasteiger partial charge < -0.3 is 10.2 Å². The molecule has 0 spiro atoms. The number of pyridine rings is 2. The summed E-state index contributed by atoms with van der Waals surface area (Å²) in [4.78, 5) is 27.4. The van der Waals surface area contributed by atoms with Crippen molar-refractivity contribution in [1.29, 1.82) is 0 Å². The Kier molecular flexibility index (Phi) is 7.57. The molecule has 4 rings (SSSR count). The molecule has 4 heterocycles. The molecule has 4 radical (unpaired) electrons. The molecule has 1 amide bonds. The van der Waals surface area contributed by atoms with Crippen molar-refractivity contribution in [1.82, 2.24) is 19.8 Å². The van der Waals surface area contributed by atoms with Crippen molar-refractivity contribution in [2.45, 2.75) is 50.3 Å². The Morgan fingerprint density at radius 1 is 1.15 bits per heavy atom. The standard InChI is InChI=1S/C24H31B2FN6O/c1-17(2)32-12-8-21(19(27)16-32)31-13-9-24(25,26)33(15-14-31)22-5-3-4-20(30-22)23(34)29-18-6-10-28-11-7-18/h3-7,10-11,17,19,21H,8-9,12-16H2,1-2H3,(H,28,29,34). The lowest BCUT2D eigenvalue weighted by molar-refractivity contribution is 0.0251. The average Bonchev–Trinajstić information content (AvgIpc) is 2.97. The second kappa shape index (κ2) is 10.4. The summed E-state index contributed by atoms with van der Waals surface area (Å²) in [6.45, 7) is 7.27. The van der Waals surface area contributed by atoms with Crippen molar-refractivity contribution in [3.63, 3.8) is 0 Å². The van der Waals surface area contributed by atoms with Crippen LogP contribution in [0.5, 0.6) is 0 Å². The van der Waals surface area contributed by atoms with Gasteiger partial charge in [-0.3, -0.25) is 19.6 Å². The molecular weight excluding hydrogens is 429 g/mol.